The molecule has 0 aromatic heterocycles. The van der Waals surface area contributed by atoms with Crippen LogP contribution in [0, 0.1) is 5.92 Å². The average molecular weight is 204 g/mol. The average Bonchev–Trinajstić information content (AvgIpc) is 2.29. The van der Waals surface area contributed by atoms with Crippen molar-refractivity contribution in [2.24, 2.45) is 5.92 Å². The summed E-state index contributed by atoms with van der Waals surface area (Å²) >= 11 is 0. The second kappa shape index (κ2) is 9.51. The molecule has 1 rings (SSSR count). The Bertz CT molecular complexity index is 251. The third-order valence-electron chi connectivity index (χ3n) is 2.21. The van der Waals surface area contributed by atoms with E-state index >= 15 is 0 Å². The molecule has 1 aliphatic rings. The van der Waals surface area contributed by atoms with Gasteiger partial charge in [0.25, 0.3) is 0 Å². The van der Waals surface area contributed by atoms with Crippen LogP contribution < -0.4 is 0 Å². The molecule has 0 heteroatoms. The molecule has 0 spiro atoms. The van der Waals surface area contributed by atoms with Gasteiger partial charge in [0, 0.05) is 0 Å². The van der Waals surface area contributed by atoms with E-state index in [4.69, 9.17) is 0 Å². The molecule has 1 atom stereocenters. The van der Waals surface area contributed by atoms with E-state index in [1.54, 1.807) is 0 Å². The number of allylic oxidation sites excluding steroid dienone is 8. The first-order valence-corrected chi connectivity index (χ1v) is 6.06. The quantitative estimate of drug-likeness (QED) is 0.603. The Morgan fingerprint density at radius 3 is 2.60 bits per heavy atom. The zero-order chi connectivity index (χ0) is 11.5. The Morgan fingerprint density at radius 2 is 2.00 bits per heavy atom. The Morgan fingerprint density at radius 1 is 1.27 bits per heavy atom. The molecule has 1 aliphatic carbocycles. The molecule has 15 heavy (non-hydrogen) atoms. The normalized spacial score (nSPS) is 21.9. The van der Waals surface area contributed by atoms with Crippen molar-refractivity contribution < 1.29 is 0 Å². The summed E-state index contributed by atoms with van der Waals surface area (Å²) in [7, 11) is 0. The van der Waals surface area contributed by atoms with E-state index in [-0.39, 0.29) is 0 Å². The minimum absolute atomic E-state index is 0.566. The Kier molecular flexibility index (Phi) is 8.85. The Labute approximate surface area is 95.1 Å². The van der Waals surface area contributed by atoms with E-state index in [1.807, 2.05) is 13.8 Å². The minimum atomic E-state index is 0.566. The van der Waals surface area contributed by atoms with E-state index < -0.39 is 0 Å². The maximum atomic E-state index is 2.23. The first-order valence-electron chi connectivity index (χ1n) is 6.06. The van der Waals surface area contributed by atoms with Gasteiger partial charge < -0.3 is 0 Å². The van der Waals surface area contributed by atoms with Gasteiger partial charge in [-0.25, -0.2) is 0 Å². The van der Waals surface area contributed by atoms with Gasteiger partial charge in [0.15, 0.2) is 0 Å². The smallest absolute Gasteiger partial charge is 0.000732 e. The van der Waals surface area contributed by atoms with Gasteiger partial charge in [0.1, 0.15) is 0 Å². The predicted octanol–water partition coefficient (Wildman–Crippen LogP) is 5.06. The second-order valence-corrected chi connectivity index (χ2v) is 3.42. The summed E-state index contributed by atoms with van der Waals surface area (Å²) in [6.45, 7) is 8.42. The van der Waals surface area contributed by atoms with Crippen LogP contribution in [-0.2, 0) is 0 Å². The molecule has 84 valence electrons. The third-order valence-corrected chi connectivity index (χ3v) is 2.21. The van der Waals surface area contributed by atoms with E-state index in [0.29, 0.717) is 5.92 Å². The minimum Gasteiger partial charge on any atom is -0.0845 e. The summed E-state index contributed by atoms with van der Waals surface area (Å²) in [5.74, 6) is 0.566. The molecule has 0 radical (unpaired) electrons. The molecule has 0 aromatic rings. The first kappa shape index (κ1) is 14.0. The molecular formula is C15H24. The number of hydrogen-bond acceptors (Lipinski definition) is 0. The zero-order valence-corrected chi connectivity index (χ0v) is 10.5. The van der Waals surface area contributed by atoms with Crippen molar-refractivity contribution in [3.63, 3.8) is 0 Å². The van der Waals surface area contributed by atoms with Crippen molar-refractivity contribution in [2.75, 3.05) is 0 Å². The molecule has 0 aliphatic heterocycles. The molecule has 0 amide bonds. The van der Waals surface area contributed by atoms with Crippen LogP contribution in [0.2, 0.25) is 0 Å². The molecule has 0 N–H and O–H groups in total. The summed E-state index contributed by atoms with van der Waals surface area (Å²) in [6, 6.07) is 0. The van der Waals surface area contributed by atoms with Crippen LogP contribution >= 0.6 is 0 Å². The second-order valence-electron chi connectivity index (χ2n) is 3.42. The summed E-state index contributed by atoms with van der Waals surface area (Å²) in [5.41, 5.74) is 1.40. The fourth-order valence-electron chi connectivity index (χ4n) is 1.31. The van der Waals surface area contributed by atoms with Crippen molar-refractivity contribution in [3.8, 4) is 0 Å². The van der Waals surface area contributed by atoms with Gasteiger partial charge in [-0.3, -0.25) is 0 Å². The van der Waals surface area contributed by atoms with Crippen molar-refractivity contribution in [3.05, 3.63) is 48.1 Å². The van der Waals surface area contributed by atoms with Gasteiger partial charge in [-0.1, -0.05) is 76.6 Å². The van der Waals surface area contributed by atoms with Crippen LogP contribution in [0.3, 0.4) is 0 Å². The summed E-state index contributed by atoms with van der Waals surface area (Å²) in [4.78, 5) is 0. The van der Waals surface area contributed by atoms with Gasteiger partial charge in [-0.2, -0.15) is 0 Å². The topological polar surface area (TPSA) is 0 Å². The Balaban J connectivity index is 0.000000921. The zero-order valence-electron chi connectivity index (χ0n) is 10.5. The summed E-state index contributed by atoms with van der Waals surface area (Å²) in [6.07, 6.45) is 17.6. The number of unbranched alkanes of at least 4 members (excludes halogenated alkanes) is 1. The third kappa shape index (κ3) is 6.11. The van der Waals surface area contributed by atoms with Crippen LogP contribution in [0.1, 0.15) is 40.5 Å². The van der Waals surface area contributed by atoms with Gasteiger partial charge in [-0.05, 0) is 17.9 Å². The van der Waals surface area contributed by atoms with Gasteiger partial charge in [0.2, 0.25) is 0 Å². The highest BCUT2D eigenvalue weighted by Crippen LogP contribution is 2.17. The SMILES string of the molecule is CC.CCC/C=C\C=C1\C=CC=CC1C. The lowest BCUT2D eigenvalue weighted by atomic mass is 9.96. The summed E-state index contributed by atoms with van der Waals surface area (Å²) < 4.78 is 0. The summed E-state index contributed by atoms with van der Waals surface area (Å²) in [5, 5.41) is 0. The van der Waals surface area contributed by atoms with Gasteiger partial charge in [0.05, 0.1) is 0 Å². The van der Waals surface area contributed by atoms with E-state index in [2.05, 4.69) is 56.4 Å². The van der Waals surface area contributed by atoms with Crippen LogP contribution in [0.25, 0.3) is 0 Å². The molecule has 0 aromatic carbocycles. The lowest BCUT2D eigenvalue weighted by Crippen LogP contribution is -1.94. The monoisotopic (exact) mass is 204 g/mol. The first-order chi connectivity index (χ1) is 7.34. The molecule has 1 unspecified atom stereocenters. The fraction of sp³-hybridized carbons (Fsp3) is 0.467. The lowest BCUT2D eigenvalue weighted by molar-refractivity contribution is 0.883. The largest absolute Gasteiger partial charge is 0.0845 e. The van der Waals surface area contributed by atoms with Crippen LogP contribution in [-0.4, -0.2) is 0 Å². The molecule has 0 saturated carbocycles. The van der Waals surface area contributed by atoms with Crippen molar-refractivity contribution >= 4 is 0 Å². The highest BCUT2D eigenvalue weighted by Gasteiger charge is 2.02. The maximum absolute atomic E-state index is 2.23. The van der Waals surface area contributed by atoms with Crippen LogP contribution in [0.5, 0.6) is 0 Å². The van der Waals surface area contributed by atoms with E-state index in [9.17, 15) is 0 Å². The van der Waals surface area contributed by atoms with Gasteiger partial charge in [-0.15, -0.1) is 0 Å². The highest BCUT2D eigenvalue weighted by molar-refractivity contribution is 5.34. The van der Waals surface area contributed by atoms with Crippen LogP contribution in [0.15, 0.2) is 48.1 Å². The van der Waals surface area contributed by atoms with Crippen LogP contribution in [0.4, 0.5) is 0 Å². The molecule has 0 bridgehead atoms. The molecule has 0 fully saturated rings. The fourth-order valence-corrected chi connectivity index (χ4v) is 1.31. The van der Waals surface area contributed by atoms with Crippen molar-refractivity contribution in [1.29, 1.82) is 0 Å². The van der Waals surface area contributed by atoms with Crippen molar-refractivity contribution in [2.45, 2.75) is 40.5 Å². The molecule has 0 nitrogen and oxygen atoms in total. The van der Waals surface area contributed by atoms with E-state index in [0.717, 1.165) is 0 Å². The molecule has 0 heterocycles. The van der Waals surface area contributed by atoms with Crippen molar-refractivity contribution in [1.82, 2.24) is 0 Å². The number of hydrogen-bond donors (Lipinski definition) is 0. The molecule has 0 saturated heterocycles. The predicted molar refractivity (Wildman–Crippen MR) is 70.9 cm³/mol. The number of rotatable bonds is 3. The lowest BCUT2D eigenvalue weighted by Gasteiger charge is -2.09. The maximum Gasteiger partial charge on any atom is -0.000732 e. The Hall–Kier alpha value is -1.04. The van der Waals surface area contributed by atoms with E-state index in [1.165, 1.54) is 18.4 Å². The standard InChI is InChI=1S/C13H18.C2H6/c1-3-4-5-6-10-13-11-8-7-9-12(13)2;1-2/h5-12H,3-4H2,1-2H3;1-2H3/b6-5-,13-10-;. The highest BCUT2D eigenvalue weighted by atomic mass is 14.1. The van der Waals surface area contributed by atoms with Gasteiger partial charge >= 0.3 is 0 Å². The molecular weight excluding hydrogens is 180 g/mol.